The minimum atomic E-state index is -2.99. The number of rotatable bonds is 7. The molecule has 2 N–H and O–H groups in total. The van der Waals surface area contributed by atoms with Gasteiger partial charge in [-0.1, -0.05) is 25.1 Å². The highest BCUT2D eigenvalue weighted by atomic mass is 19.3. The summed E-state index contributed by atoms with van der Waals surface area (Å²) >= 11 is 0. The van der Waals surface area contributed by atoms with E-state index >= 15 is 0 Å². The largest absolute Gasteiger partial charge is 0.484 e. The van der Waals surface area contributed by atoms with Crippen LogP contribution in [0.15, 0.2) is 48.5 Å². The summed E-state index contributed by atoms with van der Waals surface area (Å²) in [5.74, 6) is -0.873. The van der Waals surface area contributed by atoms with Gasteiger partial charge in [0.15, 0.2) is 6.61 Å². The molecule has 2 aromatic carbocycles. The summed E-state index contributed by atoms with van der Waals surface area (Å²) in [7, 11) is 0. The normalized spacial score (nSPS) is 10.3. The van der Waals surface area contributed by atoms with E-state index in [1.54, 1.807) is 12.1 Å². The van der Waals surface area contributed by atoms with Crippen LogP contribution in [0.4, 0.5) is 8.78 Å². The summed E-state index contributed by atoms with van der Waals surface area (Å²) in [5.41, 5.74) is 5.55. The Kier molecular flexibility index (Phi) is 6.90. The molecule has 138 valence electrons. The molecule has 8 heteroatoms. The number of hydrogen-bond donors (Lipinski definition) is 2. The highest BCUT2D eigenvalue weighted by Gasteiger charge is 2.11. The van der Waals surface area contributed by atoms with Crippen LogP contribution in [0.5, 0.6) is 11.5 Å². The van der Waals surface area contributed by atoms with Crippen molar-refractivity contribution in [3.05, 3.63) is 59.7 Å². The van der Waals surface area contributed by atoms with E-state index in [0.717, 1.165) is 18.1 Å². The van der Waals surface area contributed by atoms with Crippen molar-refractivity contribution in [2.24, 2.45) is 0 Å². The van der Waals surface area contributed by atoms with E-state index in [2.05, 4.69) is 15.6 Å². The lowest BCUT2D eigenvalue weighted by atomic mass is 10.2. The Hall–Kier alpha value is -3.16. The molecule has 0 atom stereocenters. The third-order valence-corrected chi connectivity index (χ3v) is 3.34. The zero-order valence-corrected chi connectivity index (χ0v) is 14.0. The van der Waals surface area contributed by atoms with Crippen LogP contribution in [-0.4, -0.2) is 25.0 Å². The van der Waals surface area contributed by atoms with E-state index in [1.807, 2.05) is 19.1 Å². The third kappa shape index (κ3) is 6.04. The van der Waals surface area contributed by atoms with Gasteiger partial charge in [0.2, 0.25) is 0 Å². The van der Waals surface area contributed by atoms with Gasteiger partial charge in [-0.05, 0) is 42.3 Å². The molecular weight excluding hydrogens is 346 g/mol. The van der Waals surface area contributed by atoms with Gasteiger partial charge in [-0.3, -0.25) is 20.4 Å². The molecule has 0 aromatic heterocycles. The summed E-state index contributed by atoms with van der Waals surface area (Å²) in [6.45, 7) is -1.25. The van der Waals surface area contributed by atoms with Gasteiger partial charge in [0.25, 0.3) is 11.8 Å². The molecular formula is C18H18F2N2O4. The Balaban J connectivity index is 1.80. The van der Waals surface area contributed by atoms with Crippen molar-refractivity contribution in [1.29, 1.82) is 0 Å². The first kappa shape index (κ1) is 19.2. The molecule has 2 rings (SSSR count). The number of nitrogens with one attached hydrogen (secondary N) is 2. The van der Waals surface area contributed by atoms with Crippen LogP contribution in [0.1, 0.15) is 22.8 Å². The molecule has 2 amide bonds. The molecule has 0 fully saturated rings. The number of aryl methyl sites for hydroxylation is 1. The highest BCUT2D eigenvalue weighted by Crippen LogP contribution is 2.15. The third-order valence-electron chi connectivity index (χ3n) is 3.34. The van der Waals surface area contributed by atoms with Crippen molar-refractivity contribution in [3.8, 4) is 11.5 Å². The quantitative estimate of drug-likeness (QED) is 0.741. The van der Waals surface area contributed by atoms with Crippen molar-refractivity contribution in [2.75, 3.05) is 6.61 Å². The first-order valence-corrected chi connectivity index (χ1v) is 7.83. The number of benzene rings is 2. The Morgan fingerprint density at radius 3 is 2.42 bits per heavy atom. The summed E-state index contributed by atoms with van der Waals surface area (Å²) in [4.78, 5) is 23.6. The Labute approximate surface area is 149 Å². The topological polar surface area (TPSA) is 76.7 Å². The maximum Gasteiger partial charge on any atom is 0.387 e. The lowest BCUT2D eigenvalue weighted by molar-refractivity contribution is -0.123. The van der Waals surface area contributed by atoms with Gasteiger partial charge in [0, 0.05) is 5.56 Å². The first-order valence-electron chi connectivity index (χ1n) is 7.83. The second kappa shape index (κ2) is 9.36. The predicted molar refractivity (Wildman–Crippen MR) is 90.0 cm³/mol. The van der Waals surface area contributed by atoms with E-state index in [0.29, 0.717) is 5.75 Å². The van der Waals surface area contributed by atoms with Crippen LogP contribution in [-0.2, 0) is 11.2 Å². The molecule has 0 unspecified atom stereocenters. The molecule has 26 heavy (non-hydrogen) atoms. The van der Waals surface area contributed by atoms with Gasteiger partial charge < -0.3 is 9.47 Å². The second-order valence-corrected chi connectivity index (χ2v) is 5.19. The van der Waals surface area contributed by atoms with E-state index in [4.69, 9.17) is 4.74 Å². The van der Waals surface area contributed by atoms with Crippen molar-refractivity contribution >= 4 is 11.8 Å². The first-order chi connectivity index (χ1) is 12.5. The van der Waals surface area contributed by atoms with Crippen LogP contribution >= 0.6 is 0 Å². The number of hydrogen-bond acceptors (Lipinski definition) is 4. The molecule has 2 aromatic rings. The molecule has 0 aliphatic heterocycles. The lowest BCUT2D eigenvalue weighted by Crippen LogP contribution is -2.43. The average molecular weight is 364 g/mol. The zero-order chi connectivity index (χ0) is 18.9. The molecule has 0 spiro atoms. The van der Waals surface area contributed by atoms with Gasteiger partial charge in [0.05, 0.1) is 0 Å². The van der Waals surface area contributed by atoms with Gasteiger partial charge in [-0.2, -0.15) is 8.78 Å². The van der Waals surface area contributed by atoms with Crippen LogP contribution in [0, 0.1) is 0 Å². The van der Waals surface area contributed by atoms with Crippen molar-refractivity contribution < 1.29 is 27.8 Å². The number of carbonyl (C=O) groups excluding carboxylic acids is 2. The van der Waals surface area contributed by atoms with Crippen molar-refractivity contribution in [2.45, 2.75) is 20.0 Å². The number of hydrazine groups is 1. The van der Waals surface area contributed by atoms with E-state index < -0.39 is 18.4 Å². The Morgan fingerprint density at radius 2 is 1.77 bits per heavy atom. The van der Waals surface area contributed by atoms with E-state index in [1.165, 1.54) is 18.2 Å². The zero-order valence-electron chi connectivity index (χ0n) is 14.0. The van der Waals surface area contributed by atoms with Gasteiger partial charge >= 0.3 is 6.61 Å². The number of amides is 2. The maximum absolute atomic E-state index is 12.2. The van der Waals surface area contributed by atoms with E-state index in [9.17, 15) is 18.4 Å². The number of halogens is 2. The lowest BCUT2D eigenvalue weighted by Gasteiger charge is -2.10. The van der Waals surface area contributed by atoms with Gasteiger partial charge in [0.1, 0.15) is 11.5 Å². The number of ether oxygens (including phenoxy) is 2. The summed E-state index contributed by atoms with van der Waals surface area (Å²) in [5, 5.41) is 0. The molecule has 6 nitrogen and oxygen atoms in total. The average Bonchev–Trinajstić information content (AvgIpc) is 2.64. The summed E-state index contributed by atoms with van der Waals surface area (Å²) in [6, 6.07) is 12.5. The molecule has 0 saturated heterocycles. The molecule has 0 radical (unpaired) electrons. The summed E-state index contributed by atoms with van der Waals surface area (Å²) in [6.07, 6.45) is 0.899. The van der Waals surface area contributed by atoms with E-state index in [-0.39, 0.29) is 17.9 Å². The van der Waals surface area contributed by atoms with Crippen LogP contribution in [0.25, 0.3) is 0 Å². The fraction of sp³-hybridized carbons (Fsp3) is 0.222. The molecule has 0 saturated carbocycles. The molecule has 0 aliphatic rings. The Bertz CT molecular complexity index is 751. The second-order valence-electron chi connectivity index (χ2n) is 5.19. The van der Waals surface area contributed by atoms with Crippen molar-refractivity contribution in [1.82, 2.24) is 10.9 Å². The molecule has 0 heterocycles. The van der Waals surface area contributed by atoms with Gasteiger partial charge in [-0.15, -0.1) is 0 Å². The minimum absolute atomic E-state index is 0.0551. The fourth-order valence-corrected chi connectivity index (χ4v) is 2.02. The standard InChI is InChI=1S/C18H18F2N2O4/c1-2-12-6-8-14(9-7-12)25-11-16(23)21-22-17(24)13-4-3-5-15(10-13)26-18(19)20/h3-10,18H,2,11H2,1H3,(H,21,23)(H,22,24). The fourth-order valence-electron chi connectivity index (χ4n) is 2.02. The van der Waals surface area contributed by atoms with Crippen LogP contribution < -0.4 is 20.3 Å². The minimum Gasteiger partial charge on any atom is -0.484 e. The van der Waals surface area contributed by atoms with Gasteiger partial charge in [-0.25, -0.2) is 0 Å². The number of carbonyl (C=O) groups is 2. The molecule has 0 bridgehead atoms. The summed E-state index contributed by atoms with van der Waals surface area (Å²) < 4.78 is 33.9. The highest BCUT2D eigenvalue weighted by molar-refractivity contribution is 5.95. The monoisotopic (exact) mass is 364 g/mol. The van der Waals surface area contributed by atoms with Crippen LogP contribution in [0.3, 0.4) is 0 Å². The maximum atomic E-state index is 12.2. The number of alkyl halides is 2. The molecule has 0 aliphatic carbocycles. The Morgan fingerprint density at radius 1 is 1.04 bits per heavy atom. The van der Waals surface area contributed by atoms with Crippen LogP contribution in [0.2, 0.25) is 0 Å². The van der Waals surface area contributed by atoms with Crippen molar-refractivity contribution in [3.63, 3.8) is 0 Å². The SMILES string of the molecule is CCc1ccc(OCC(=O)NNC(=O)c2cccc(OC(F)F)c2)cc1. The smallest absolute Gasteiger partial charge is 0.387 e. The predicted octanol–water partition coefficient (Wildman–Crippen LogP) is 2.69.